The molecule has 8 nitrogen and oxygen atoms in total. The number of nitrogens with zero attached hydrogens (tertiary/aromatic N) is 2. The van der Waals surface area contributed by atoms with Crippen LogP contribution in [0.15, 0.2) is 47.4 Å². The molecule has 0 radical (unpaired) electrons. The first-order valence-corrected chi connectivity index (χ1v) is 9.50. The molecular formula is C17H18FN3O5S. The highest BCUT2D eigenvalue weighted by molar-refractivity contribution is 7.89. The predicted molar refractivity (Wildman–Crippen MR) is 97.6 cm³/mol. The van der Waals surface area contributed by atoms with Crippen LogP contribution in [0.25, 0.3) is 0 Å². The third-order valence-corrected chi connectivity index (χ3v) is 5.89. The summed E-state index contributed by atoms with van der Waals surface area (Å²) in [6.45, 7) is 3.99. The van der Waals surface area contributed by atoms with Gasteiger partial charge in [0.2, 0.25) is 15.8 Å². The summed E-state index contributed by atoms with van der Waals surface area (Å²) in [4.78, 5) is 22.2. The second-order valence-corrected chi connectivity index (χ2v) is 7.43. The molecule has 0 bridgehead atoms. The van der Waals surface area contributed by atoms with Gasteiger partial charge in [-0.15, -0.1) is 0 Å². The first kappa shape index (κ1) is 20.5. The lowest BCUT2D eigenvalue weighted by atomic mass is 10.2. The van der Waals surface area contributed by atoms with Crippen LogP contribution < -0.4 is 5.32 Å². The zero-order valence-electron chi connectivity index (χ0n) is 14.7. The quantitative estimate of drug-likeness (QED) is 0.572. The van der Waals surface area contributed by atoms with Gasteiger partial charge in [0.25, 0.3) is 5.91 Å². The van der Waals surface area contributed by atoms with Gasteiger partial charge < -0.3 is 5.32 Å². The number of anilines is 1. The molecular weight excluding hydrogens is 377 g/mol. The molecule has 0 heterocycles. The van der Waals surface area contributed by atoms with Crippen LogP contribution in [0.1, 0.15) is 24.2 Å². The molecule has 0 unspecified atom stereocenters. The third kappa shape index (κ3) is 4.47. The summed E-state index contributed by atoms with van der Waals surface area (Å²) in [5.41, 5.74) is -0.703. The maximum Gasteiger partial charge on any atom is 0.306 e. The van der Waals surface area contributed by atoms with Crippen molar-refractivity contribution in [1.29, 1.82) is 0 Å². The van der Waals surface area contributed by atoms with Crippen molar-refractivity contribution in [1.82, 2.24) is 4.31 Å². The summed E-state index contributed by atoms with van der Waals surface area (Å²) in [5, 5.41) is 13.2. The number of rotatable bonds is 7. The van der Waals surface area contributed by atoms with E-state index >= 15 is 0 Å². The maximum atomic E-state index is 13.4. The zero-order valence-corrected chi connectivity index (χ0v) is 15.5. The lowest BCUT2D eigenvalue weighted by Gasteiger charge is -2.18. The number of amides is 1. The van der Waals surface area contributed by atoms with Crippen LogP contribution in [0.5, 0.6) is 0 Å². The largest absolute Gasteiger partial charge is 0.322 e. The normalized spacial score (nSPS) is 11.4. The number of sulfonamides is 1. The number of hydrogen-bond acceptors (Lipinski definition) is 5. The van der Waals surface area contributed by atoms with Gasteiger partial charge in [-0.1, -0.05) is 19.9 Å². The molecule has 0 atom stereocenters. The lowest BCUT2D eigenvalue weighted by molar-refractivity contribution is -0.387. The molecule has 0 saturated carbocycles. The van der Waals surface area contributed by atoms with Crippen molar-refractivity contribution in [2.24, 2.45) is 0 Å². The van der Waals surface area contributed by atoms with E-state index < -0.39 is 32.4 Å². The number of nitro benzene ring substituents is 1. The second kappa shape index (κ2) is 8.23. The van der Waals surface area contributed by atoms with Crippen LogP contribution in [0.3, 0.4) is 0 Å². The fourth-order valence-electron chi connectivity index (χ4n) is 2.44. The van der Waals surface area contributed by atoms with Gasteiger partial charge in [-0.3, -0.25) is 14.9 Å². The van der Waals surface area contributed by atoms with E-state index in [2.05, 4.69) is 5.32 Å². The Labute approximate surface area is 155 Å². The molecule has 27 heavy (non-hydrogen) atoms. The predicted octanol–water partition coefficient (Wildman–Crippen LogP) is 3.02. The minimum Gasteiger partial charge on any atom is -0.322 e. The van der Waals surface area contributed by atoms with E-state index in [1.54, 1.807) is 13.8 Å². The molecule has 0 saturated heterocycles. The van der Waals surface area contributed by atoms with Crippen molar-refractivity contribution >= 4 is 27.3 Å². The van der Waals surface area contributed by atoms with Crippen LogP contribution >= 0.6 is 0 Å². The summed E-state index contributed by atoms with van der Waals surface area (Å²) in [5.74, 6) is -1.70. The topological polar surface area (TPSA) is 110 Å². The standard InChI is InChI=1S/C17H18FN3O5S/c1-3-20(4-2)27(25,26)14-7-5-6-12(10-14)17(22)19-13-8-9-15(18)16(11-13)21(23)24/h5-11H,3-4H2,1-2H3,(H,19,22). The Morgan fingerprint density at radius 3 is 2.44 bits per heavy atom. The van der Waals surface area contributed by atoms with Gasteiger partial charge in [0.15, 0.2) is 0 Å². The number of hydrogen-bond donors (Lipinski definition) is 1. The Hall–Kier alpha value is -2.85. The molecule has 10 heteroatoms. The average Bonchev–Trinajstić information content (AvgIpc) is 2.64. The van der Waals surface area contributed by atoms with Crippen LogP contribution in [-0.4, -0.2) is 36.6 Å². The highest BCUT2D eigenvalue weighted by Crippen LogP contribution is 2.23. The number of halogens is 1. The molecule has 0 aliphatic carbocycles. The molecule has 1 amide bonds. The minimum atomic E-state index is -3.74. The third-order valence-electron chi connectivity index (χ3n) is 3.84. The molecule has 2 rings (SSSR count). The Kier molecular flexibility index (Phi) is 6.24. The van der Waals surface area contributed by atoms with E-state index in [0.29, 0.717) is 0 Å². The highest BCUT2D eigenvalue weighted by atomic mass is 32.2. The van der Waals surface area contributed by atoms with Crippen LogP contribution in [0.2, 0.25) is 0 Å². The van der Waals surface area contributed by atoms with Gasteiger partial charge in [0, 0.05) is 30.4 Å². The van der Waals surface area contributed by atoms with Gasteiger partial charge in [-0.25, -0.2) is 8.42 Å². The SMILES string of the molecule is CCN(CC)S(=O)(=O)c1cccc(C(=O)Nc2ccc(F)c([N+](=O)[O-])c2)c1. The van der Waals surface area contributed by atoms with Gasteiger partial charge in [-0.2, -0.15) is 8.70 Å². The fourth-order valence-corrected chi connectivity index (χ4v) is 3.95. The zero-order chi connectivity index (χ0) is 20.2. The van der Waals surface area contributed by atoms with Gasteiger partial charge in [0.1, 0.15) is 0 Å². The van der Waals surface area contributed by atoms with Crippen molar-refractivity contribution in [3.8, 4) is 0 Å². The summed E-state index contributed by atoms with van der Waals surface area (Å²) >= 11 is 0. The molecule has 0 fully saturated rings. The first-order chi connectivity index (χ1) is 12.7. The van der Waals surface area contributed by atoms with Gasteiger partial charge >= 0.3 is 5.69 Å². The highest BCUT2D eigenvalue weighted by Gasteiger charge is 2.23. The minimum absolute atomic E-state index is 0.0186. The smallest absolute Gasteiger partial charge is 0.306 e. The van der Waals surface area contributed by atoms with Gasteiger partial charge in [-0.05, 0) is 30.3 Å². The second-order valence-electron chi connectivity index (χ2n) is 5.49. The summed E-state index contributed by atoms with van der Waals surface area (Å²) in [6, 6.07) is 8.39. The summed E-state index contributed by atoms with van der Waals surface area (Å²) in [6.07, 6.45) is 0. The van der Waals surface area contributed by atoms with E-state index in [9.17, 15) is 27.7 Å². The molecule has 2 aromatic carbocycles. The Bertz CT molecular complexity index is 974. The molecule has 2 aromatic rings. The van der Waals surface area contributed by atoms with Crippen molar-refractivity contribution < 1.29 is 22.5 Å². The molecule has 0 aliphatic rings. The Balaban J connectivity index is 2.31. The number of nitro groups is 1. The molecule has 144 valence electrons. The summed E-state index contributed by atoms with van der Waals surface area (Å²) < 4.78 is 39.8. The number of carbonyl (C=O) groups excluding carboxylic acids is 1. The Morgan fingerprint density at radius 2 is 1.85 bits per heavy atom. The number of benzene rings is 2. The molecule has 0 aliphatic heterocycles. The van der Waals surface area contributed by atoms with E-state index in [-0.39, 0.29) is 29.2 Å². The van der Waals surface area contributed by atoms with E-state index in [0.717, 1.165) is 12.1 Å². The summed E-state index contributed by atoms with van der Waals surface area (Å²) in [7, 11) is -3.74. The monoisotopic (exact) mass is 395 g/mol. The molecule has 1 N–H and O–H groups in total. The molecule has 0 spiro atoms. The Morgan fingerprint density at radius 1 is 1.19 bits per heavy atom. The van der Waals surface area contributed by atoms with Crippen LogP contribution in [0, 0.1) is 15.9 Å². The van der Waals surface area contributed by atoms with Crippen LogP contribution in [0.4, 0.5) is 15.8 Å². The maximum absolute atomic E-state index is 13.4. The molecule has 0 aromatic heterocycles. The van der Waals surface area contributed by atoms with Crippen molar-refractivity contribution in [3.63, 3.8) is 0 Å². The van der Waals surface area contributed by atoms with E-state index in [1.807, 2.05) is 0 Å². The average molecular weight is 395 g/mol. The lowest BCUT2D eigenvalue weighted by Crippen LogP contribution is -2.30. The van der Waals surface area contributed by atoms with Crippen LogP contribution in [-0.2, 0) is 10.0 Å². The number of carbonyl (C=O) groups is 1. The van der Waals surface area contributed by atoms with Crippen molar-refractivity contribution in [2.75, 3.05) is 18.4 Å². The van der Waals surface area contributed by atoms with E-state index in [4.69, 9.17) is 0 Å². The first-order valence-electron chi connectivity index (χ1n) is 8.06. The fraction of sp³-hybridized carbons (Fsp3) is 0.235. The van der Waals surface area contributed by atoms with Crippen molar-refractivity contribution in [2.45, 2.75) is 18.7 Å². The van der Waals surface area contributed by atoms with Crippen molar-refractivity contribution in [3.05, 3.63) is 64.0 Å². The number of nitrogens with one attached hydrogen (secondary N) is 1. The van der Waals surface area contributed by atoms with E-state index in [1.165, 1.54) is 34.6 Å². The van der Waals surface area contributed by atoms with Gasteiger partial charge in [0.05, 0.1) is 9.82 Å².